The zero-order chi connectivity index (χ0) is 13.0. The van der Waals surface area contributed by atoms with E-state index in [2.05, 4.69) is 16.2 Å². The highest BCUT2D eigenvalue weighted by Gasteiger charge is 2.16. The number of nitrogens with one attached hydrogen (secondary N) is 3. The molecule has 8 heteroatoms. The third-order valence-corrected chi connectivity index (χ3v) is 3.41. The first kappa shape index (κ1) is 12.8. The molecule has 1 amide bonds. The molecule has 3 N–H and O–H groups in total. The molecule has 1 fully saturated rings. The molecule has 0 aromatic heterocycles. The maximum atomic E-state index is 11.1. The van der Waals surface area contributed by atoms with Crippen molar-refractivity contribution in [2.75, 3.05) is 6.54 Å². The second kappa shape index (κ2) is 5.80. The summed E-state index contributed by atoms with van der Waals surface area (Å²) in [6.07, 6.45) is 0. The van der Waals surface area contributed by atoms with Crippen molar-refractivity contribution in [1.29, 1.82) is 0 Å². The first-order chi connectivity index (χ1) is 8.65. The molecule has 2 rings (SSSR count). The Hall–Kier alpha value is -1.64. The molecule has 1 aromatic rings. The van der Waals surface area contributed by atoms with Crippen LogP contribution in [0.4, 0.5) is 5.69 Å². The number of hydrazine groups is 1. The van der Waals surface area contributed by atoms with Gasteiger partial charge in [0.05, 0.1) is 11.5 Å². The van der Waals surface area contributed by atoms with E-state index in [1.807, 2.05) is 0 Å². The van der Waals surface area contributed by atoms with Crippen LogP contribution in [0.25, 0.3) is 0 Å². The minimum Gasteiger partial charge on any atom is -0.330 e. The average Bonchev–Trinajstić information content (AvgIpc) is 2.37. The Balaban J connectivity index is 1.86. The average molecular weight is 268 g/mol. The van der Waals surface area contributed by atoms with Crippen LogP contribution in [-0.4, -0.2) is 22.9 Å². The SMILES string of the molecule is O=C1CNNC(SCc2ccc([N+](=O)[O-])cc2)N1. The van der Waals surface area contributed by atoms with E-state index in [9.17, 15) is 14.9 Å². The van der Waals surface area contributed by atoms with Crippen molar-refractivity contribution in [3.63, 3.8) is 0 Å². The smallest absolute Gasteiger partial charge is 0.269 e. The van der Waals surface area contributed by atoms with Crippen molar-refractivity contribution in [2.45, 2.75) is 11.3 Å². The molecule has 0 bridgehead atoms. The number of nitrogens with zero attached hydrogens (tertiary/aromatic N) is 1. The fourth-order valence-electron chi connectivity index (χ4n) is 1.43. The molecule has 1 saturated heterocycles. The third-order valence-electron chi connectivity index (χ3n) is 2.34. The van der Waals surface area contributed by atoms with Gasteiger partial charge in [-0.25, -0.2) is 10.9 Å². The van der Waals surface area contributed by atoms with Crippen molar-refractivity contribution < 1.29 is 9.72 Å². The van der Waals surface area contributed by atoms with Crippen LogP contribution in [0, 0.1) is 10.1 Å². The van der Waals surface area contributed by atoms with E-state index in [-0.39, 0.29) is 23.6 Å². The summed E-state index contributed by atoms with van der Waals surface area (Å²) < 4.78 is 0. The predicted molar refractivity (Wildman–Crippen MR) is 67.5 cm³/mol. The van der Waals surface area contributed by atoms with E-state index < -0.39 is 4.92 Å². The second-order valence-corrected chi connectivity index (χ2v) is 4.77. The number of benzene rings is 1. The lowest BCUT2D eigenvalue weighted by molar-refractivity contribution is -0.384. The zero-order valence-electron chi connectivity index (χ0n) is 9.38. The predicted octanol–water partition coefficient (Wildman–Crippen LogP) is 0.336. The number of nitro groups is 1. The van der Waals surface area contributed by atoms with Crippen molar-refractivity contribution in [3.05, 3.63) is 39.9 Å². The van der Waals surface area contributed by atoms with E-state index in [4.69, 9.17) is 0 Å². The van der Waals surface area contributed by atoms with Gasteiger partial charge in [-0.3, -0.25) is 14.9 Å². The quantitative estimate of drug-likeness (QED) is 0.538. The number of carbonyl (C=O) groups excluding carboxylic acids is 1. The lowest BCUT2D eigenvalue weighted by Gasteiger charge is -2.24. The van der Waals surface area contributed by atoms with Crippen LogP contribution in [0.15, 0.2) is 24.3 Å². The number of non-ortho nitro benzene ring substituents is 1. The van der Waals surface area contributed by atoms with Crippen LogP contribution < -0.4 is 16.2 Å². The summed E-state index contributed by atoms with van der Waals surface area (Å²) >= 11 is 1.49. The molecule has 0 spiro atoms. The van der Waals surface area contributed by atoms with Gasteiger partial charge in [-0.15, -0.1) is 11.8 Å². The molecule has 1 aliphatic heterocycles. The Morgan fingerprint density at radius 2 is 2.11 bits per heavy atom. The molecular formula is C10H12N4O3S. The molecular weight excluding hydrogens is 256 g/mol. The fraction of sp³-hybridized carbons (Fsp3) is 0.300. The van der Waals surface area contributed by atoms with Gasteiger partial charge in [0.25, 0.3) is 5.69 Å². The number of thioether (sulfide) groups is 1. The van der Waals surface area contributed by atoms with Gasteiger partial charge >= 0.3 is 0 Å². The van der Waals surface area contributed by atoms with Crippen LogP contribution in [0.3, 0.4) is 0 Å². The lowest BCUT2D eigenvalue weighted by atomic mass is 10.2. The number of hydrogen-bond acceptors (Lipinski definition) is 6. The van der Waals surface area contributed by atoms with Gasteiger partial charge in [0.15, 0.2) is 0 Å². The highest BCUT2D eigenvalue weighted by atomic mass is 32.2. The molecule has 96 valence electrons. The number of carbonyl (C=O) groups is 1. The van der Waals surface area contributed by atoms with Crippen LogP contribution in [0.2, 0.25) is 0 Å². The lowest BCUT2D eigenvalue weighted by Crippen LogP contribution is -2.58. The number of rotatable bonds is 4. The Kier molecular flexibility index (Phi) is 4.13. The highest BCUT2D eigenvalue weighted by Crippen LogP contribution is 2.18. The molecule has 1 aliphatic rings. The summed E-state index contributed by atoms with van der Waals surface area (Å²) in [5, 5.41) is 13.2. The van der Waals surface area contributed by atoms with Crippen LogP contribution in [0.5, 0.6) is 0 Å². The van der Waals surface area contributed by atoms with E-state index in [0.29, 0.717) is 5.75 Å². The van der Waals surface area contributed by atoms with Crippen LogP contribution >= 0.6 is 11.8 Å². The number of amides is 1. The molecule has 0 aliphatic carbocycles. The Labute approximate surface area is 107 Å². The first-order valence-electron chi connectivity index (χ1n) is 5.28. The van der Waals surface area contributed by atoms with Crippen molar-refractivity contribution in [3.8, 4) is 0 Å². The Morgan fingerprint density at radius 1 is 1.39 bits per heavy atom. The summed E-state index contributed by atoms with van der Waals surface area (Å²) in [5.74, 6) is 0.590. The third kappa shape index (κ3) is 3.42. The summed E-state index contributed by atoms with van der Waals surface area (Å²) in [7, 11) is 0. The first-order valence-corrected chi connectivity index (χ1v) is 6.33. The van der Waals surface area contributed by atoms with Crippen molar-refractivity contribution >= 4 is 23.4 Å². The molecule has 7 nitrogen and oxygen atoms in total. The topological polar surface area (TPSA) is 96.3 Å². The van der Waals surface area contributed by atoms with E-state index in [1.165, 1.54) is 23.9 Å². The van der Waals surface area contributed by atoms with Crippen molar-refractivity contribution in [1.82, 2.24) is 16.2 Å². The highest BCUT2D eigenvalue weighted by molar-refractivity contribution is 7.99. The van der Waals surface area contributed by atoms with E-state index >= 15 is 0 Å². The molecule has 0 saturated carbocycles. The van der Waals surface area contributed by atoms with Crippen molar-refractivity contribution in [2.24, 2.45) is 0 Å². The number of nitro benzene ring substituents is 1. The van der Waals surface area contributed by atoms with Gasteiger partial charge in [-0.1, -0.05) is 12.1 Å². The van der Waals surface area contributed by atoms with Gasteiger partial charge in [0.2, 0.25) is 5.91 Å². The normalized spacial score (nSPS) is 19.3. The minimum absolute atomic E-state index is 0.0602. The molecule has 1 aromatic carbocycles. The molecule has 1 atom stereocenters. The summed E-state index contributed by atoms with van der Waals surface area (Å²) in [5.41, 5.74) is 6.55. The molecule has 1 unspecified atom stereocenters. The van der Waals surface area contributed by atoms with Gasteiger partial charge in [-0.05, 0) is 5.56 Å². The maximum Gasteiger partial charge on any atom is 0.269 e. The fourth-order valence-corrected chi connectivity index (χ4v) is 2.37. The summed E-state index contributed by atoms with van der Waals surface area (Å²) in [6.45, 7) is 0.259. The minimum atomic E-state index is -0.427. The largest absolute Gasteiger partial charge is 0.330 e. The van der Waals surface area contributed by atoms with Crippen LogP contribution in [0.1, 0.15) is 5.56 Å². The summed E-state index contributed by atoms with van der Waals surface area (Å²) in [4.78, 5) is 21.2. The molecule has 18 heavy (non-hydrogen) atoms. The van der Waals surface area contributed by atoms with Crippen LogP contribution in [-0.2, 0) is 10.5 Å². The Bertz CT molecular complexity index is 451. The van der Waals surface area contributed by atoms with Gasteiger partial charge in [0.1, 0.15) is 5.50 Å². The van der Waals surface area contributed by atoms with E-state index in [0.717, 1.165) is 5.56 Å². The molecule has 0 radical (unpaired) electrons. The van der Waals surface area contributed by atoms with E-state index in [1.54, 1.807) is 12.1 Å². The standard InChI is InChI=1S/C10H12N4O3S/c15-9-5-11-13-10(12-9)18-6-7-1-3-8(4-2-7)14(16)17/h1-4,10-11,13H,5-6H2,(H,12,15). The number of hydrogen-bond donors (Lipinski definition) is 3. The van der Waals surface area contributed by atoms with Gasteiger partial charge in [-0.2, -0.15) is 0 Å². The zero-order valence-corrected chi connectivity index (χ0v) is 10.2. The maximum absolute atomic E-state index is 11.1. The second-order valence-electron chi connectivity index (χ2n) is 3.68. The Morgan fingerprint density at radius 3 is 2.72 bits per heavy atom. The molecule has 1 heterocycles. The monoisotopic (exact) mass is 268 g/mol. The van der Waals surface area contributed by atoms with Gasteiger partial charge < -0.3 is 5.32 Å². The van der Waals surface area contributed by atoms with Gasteiger partial charge in [0, 0.05) is 17.9 Å². The summed E-state index contributed by atoms with van der Waals surface area (Å²) in [6, 6.07) is 6.37.